The lowest BCUT2D eigenvalue weighted by atomic mass is 10.1. The van der Waals surface area contributed by atoms with Crippen LogP contribution >= 0.6 is 0 Å². The number of methoxy groups -OCH3 is 1. The van der Waals surface area contributed by atoms with Crippen LogP contribution < -0.4 is 4.74 Å². The van der Waals surface area contributed by atoms with Crippen LogP contribution in [0, 0.1) is 6.92 Å². The third-order valence-electron chi connectivity index (χ3n) is 3.01. The molecule has 0 fully saturated rings. The van der Waals surface area contributed by atoms with Gasteiger partial charge in [0.1, 0.15) is 5.75 Å². The lowest BCUT2D eigenvalue weighted by molar-refractivity contribution is 0.415. The molecule has 0 saturated carbocycles. The highest BCUT2D eigenvalue weighted by molar-refractivity contribution is 5.77. The van der Waals surface area contributed by atoms with Crippen LogP contribution in [-0.2, 0) is 6.42 Å². The van der Waals surface area contributed by atoms with Gasteiger partial charge in [-0.05, 0) is 36.2 Å². The summed E-state index contributed by atoms with van der Waals surface area (Å²) in [6, 6.07) is 8.50. The molecule has 3 rings (SSSR count). The third kappa shape index (κ3) is 1.18. The van der Waals surface area contributed by atoms with Crippen LogP contribution in [0.25, 0.3) is 11.1 Å². The number of aryl methyl sites for hydroxylation is 1. The second kappa shape index (κ2) is 2.89. The number of aromatic nitrogens is 1. The van der Waals surface area contributed by atoms with E-state index in [0.717, 1.165) is 12.2 Å². The van der Waals surface area contributed by atoms with Crippen LogP contribution in [0.1, 0.15) is 17.0 Å². The lowest BCUT2D eigenvalue weighted by Gasteiger charge is -2.03. The van der Waals surface area contributed by atoms with Gasteiger partial charge in [0.15, 0.2) is 0 Å². The number of rotatable bonds is 1. The summed E-state index contributed by atoms with van der Waals surface area (Å²) < 4.78 is 5.25. The van der Waals surface area contributed by atoms with E-state index in [4.69, 9.17) is 4.74 Å². The Hall–Kier alpha value is -1.70. The average Bonchev–Trinajstić information content (AvgIpc) is 2.73. The second-order valence-electron chi connectivity index (χ2n) is 4.04. The largest absolute Gasteiger partial charge is 0.497 e. The van der Waals surface area contributed by atoms with E-state index in [0.29, 0.717) is 0 Å². The van der Waals surface area contributed by atoms with E-state index in [1.165, 1.54) is 28.1 Å². The first-order valence-corrected chi connectivity index (χ1v) is 5.13. The highest BCUT2D eigenvalue weighted by atomic mass is 16.5. The Morgan fingerprint density at radius 1 is 1.20 bits per heavy atom. The zero-order valence-corrected chi connectivity index (χ0v) is 8.92. The van der Waals surface area contributed by atoms with Crippen LogP contribution in [0.2, 0.25) is 0 Å². The summed E-state index contributed by atoms with van der Waals surface area (Å²) in [6.45, 7) is 2.10. The van der Waals surface area contributed by atoms with E-state index in [1.54, 1.807) is 7.11 Å². The van der Waals surface area contributed by atoms with E-state index in [1.807, 2.05) is 6.07 Å². The Labute approximate surface area is 88.9 Å². The number of H-pyrrole nitrogens is 1. The Balaban J connectivity index is 2.20. The summed E-state index contributed by atoms with van der Waals surface area (Å²) in [4.78, 5) is 3.40. The minimum atomic E-state index is 0.931. The van der Waals surface area contributed by atoms with Crippen molar-refractivity contribution in [3.05, 3.63) is 41.2 Å². The van der Waals surface area contributed by atoms with Gasteiger partial charge in [-0.15, -0.1) is 0 Å². The Morgan fingerprint density at radius 2 is 2.07 bits per heavy atom. The average molecular weight is 199 g/mol. The van der Waals surface area contributed by atoms with Gasteiger partial charge < -0.3 is 9.72 Å². The van der Waals surface area contributed by atoms with Gasteiger partial charge >= 0.3 is 0 Å². The van der Waals surface area contributed by atoms with Crippen LogP contribution in [0.4, 0.5) is 0 Å². The van der Waals surface area contributed by atoms with Gasteiger partial charge in [0.05, 0.1) is 7.11 Å². The van der Waals surface area contributed by atoms with E-state index >= 15 is 0 Å². The molecule has 0 spiro atoms. The lowest BCUT2D eigenvalue weighted by Crippen LogP contribution is -1.86. The molecule has 1 aliphatic rings. The van der Waals surface area contributed by atoms with Crippen molar-refractivity contribution in [2.75, 3.05) is 7.11 Å². The molecule has 0 bridgehead atoms. The molecule has 2 nitrogen and oxygen atoms in total. The fraction of sp³-hybridized carbons (Fsp3) is 0.231. The first-order chi connectivity index (χ1) is 7.28. The minimum Gasteiger partial charge on any atom is -0.497 e. The molecule has 1 aromatic carbocycles. The molecule has 0 saturated heterocycles. The van der Waals surface area contributed by atoms with E-state index in [9.17, 15) is 0 Å². The summed E-state index contributed by atoms with van der Waals surface area (Å²) >= 11 is 0. The first kappa shape index (κ1) is 8.60. The molecule has 1 heterocycles. The summed E-state index contributed by atoms with van der Waals surface area (Å²) in [7, 11) is 1.71. The van der Waals surface area contributed by atoms with Gasteiger partial charge in [0, 0.05) is 23.4 Å². The van der Waals surface area contributed by atoms with Crippen molar-refractivity contribution in [2.24, 2.45) is 0 Å². The third-order valence-corrected chi connectivity index (χ3v) is 3.01. The molecule has 0 unspecified atom stereocenters. The molecule has 76 valence electrons. The molecular weight excluding hydrogens is 186 g/mol. The number of hydrogen-bond acceptors (Lipinski definition) is 1. The monoisotopic (exact) mass is 199 g/mol. The molecule has 0 atom stereocenters. The van der Waals surface area contributed by atoms with Crippen molar-refractivity contribution >= 4 is 0 Å². The van der Waals surface area contributed by atoms with Gasteiger partial charge in [-0.25, -0.2) is 0 Å². The maximum absolute atomic E-state index is 5.25. The summed E-state index contributed by atoms with van der Waals surface area (Å²) in [6.07, 6.45) is 1.02. The number of hydrogen-bond donors (Lipinski definition) is 1. The molecule has 1 aliphatic carbocycles. The van der Waals surface area contributed by atoms with Crippen molar-refractivity contribution < 1.29 is 4.74 Å². The number of benzene rings is 1. The number of aromatic amines is 1. The van der Waals surface area contributed by atoms with Gasteiger partial charge in [-0.3, -0.25) is 0 Å². The van der Waals surface area contributed by atoms with Crippen LogP contribution in [-0.4, -0.2) is 12.1 Å². The number of fused-ring (bicyclic) bond motifs is 3. The predicted molar refractivity (Wildman–Crippen MR) is 60.3 cm³/mol. The molecule has 0 aliphatic heterocycles. The minimum absolute atomic E-state index is 0.931. The quantitative estimate of drug-likeness (QED) is 0.640. The highest BCUT2D eigenvalue weighted by Crippen LogP contribution is 2.38. The molecule has 0 radical (unpaired) electrons. The highest BCUT2D eigenvalue weighted by Gasteiger charge is 2.20. The molecule has 15 heavy (non-hydrogen) atoms. The Bertz CT molecular complexity index is 525. The van der Waals surface area contributed by atoms with Gasteiger partial charge in [0.2, 0.25) is 0 Å². The fourth-order valence-corrected chi connectivity index (χ4v) is 2.30. The molecule has 0 amide bonds. The SMILES string of the molecule is COc1ccc2c(c1)-c1cc(C)[nH]c1C2. The number of nitrogens with one attached hydrogen (secondary N) is 1. The van der Waals surface area contributed by atoms with Gasteiger partial charge in [0.25, 0.3) is 0 Å². The predicted octanol–water partition coefficient (Wildman–Crippen LogP) is 2.90. The second-order valence-corrected chi connectivity index (χ2v) is 4.04. The molecule has 1 aromatic heterocycles. The zero-order chi connectivity index (χ0) is 10.4. The van der Waals surface area contributed by atoms with Crippen molar-refractivity contribution in [2.45, 2.75) is 13.3 Å². The molecule has 2 aromatic rings. The summed E-state index contributed by atoms with van der Waals surface area (Å²) in [5.74, 6) is 0.931. The number of ether oxygens (including phenoxy) is 1. The Morgan fingerprint density at radius 3 is 2.87 bits per heavy atom. The standard InChI is InChI=1S/C13H13NO/c1-8-5-12-11-7-10(15-2)4-3-9(11)6-13(12)14-8/h3-5,7,14H,6H2,1-2H3. The first-order valence-electron chi connectivity index (χ1n) is 5.13. The van der Waals surface area contributed by atoms with Crippen molar-refractivity contribution in [1.29, 1.82) is 0 Å². The summed E-state index contributed by atoms with van der Waals surface area (Å²) in [5, 5.41) is 0. The van der Waals surface area contributed by atoms with Crippen molar-refractivity contribution in [3.63, 3.8) is 0 Å². The summed E-state index contributed by atoms with van der Waals surface area (Å²) in [5.41, 5.74) is 6.59. The maximum Gasteiger partial charge on any atom is 0.119 e. The van der Waals surface area contributed by atoms with Gasteiger partial charge in [-0.1, -0.05) is 6.07 Å². The molecule has 1 N–H and O–H groups in total. The van der Waals surface area contributed by atoms with E-state index in [-0.39, 0.29) is 0 Å². The van der Waals surface area contributed by atoms with Crippen LogP contribution in [0.15, 0.2) is 24.3 Å². The maximum atomic E-state index is 5.25. The van der Waals surface area contributed by atoms with E-state index < -0.39 is 0 Å². The Kier molecular flexibility index (Phi) is 1.66. The van der Waals surface area contributed by atoms with Crippen LogP contribution in [0.5, 0.6) is 5.75 Å². The fourth-order valence-electron chi connectivity index (χ4n) is 2.30. The molecule has 2 heteroatoms. The molecular formula is C13H13NO. The smallest absolute Gasteiger partial charge is 0.119 e. The zero-order valence-electron chi connectivity index (χ0n) is 8.92. The van der Waals surface area contributed by atoms with Gasteiger partial charge in [-0.2, -0.15) is 0 Å². The topological polar surface area (TPSA) is 25.0 Å². The van der Waals surface area contributed by atoms with Crippen LogP contribution in [0.3, 0.4) is 0 Å². The normalized spacial score (nSPS) is 12.4. The van der Waals surface area contributed by atoms with Crippen molar-refractivity contribution in [3.8, 4) is 16.9 Å². The van der Waals surface area contributed by atoms with E-state index in [2.05, 4.69) is 30.1 Å². The van der Waals surface area contributed by atoms with Crippen molar-refractivity contribution in [1.82, 2.24) is 4.98 Å².